The van der Waals surface area contributed by atoms with Crippen LogP contribution in [0, 0.1) is 0 Å². The van der Waals surface area contributed by atoms with Crippen molar-refractivity contribution >= 4 is 17.6 Å². The molecular formula is C25H32N6O2. The molecule has 0 saturated carbocycles. The molecule has 1 fully saturated rings. The van der Waals surface area contributed by atoms with Gasteiger partial charge in [0, 0.05) is 76.2 Å². The number of likely N-dealkylation sites (N-methyl/N-ethyl adjacent to an activating group) is 1. The van der Waals surface area contributed by atoms with Crippen molar-refractivity contribution in [3.05, 3.63) is 52.5 Å². The highest BCUT2D eigenvalue weighted by Gasteiger charge is 2.31. The Balaban J connectivity index is 1.23. The molecule has 1 saturated heterocycles. The minimum Gasteiger partial charge on any atom is -0.373 e. The second-order valence-corrected chi connectivity index (χ2v) is 9.41. The monoisotopic (exact) mass is 448 g/mol. The quantitative estimate of drug-likeness (QED) is 0.756. The van der Waals surface area contributed by atoms with Crippen molar-refractivity contribution < 1.29 is 9.59 Å². The summed E-state index contributed by atoms with van der Waals surface area (Å²) < 4.78 is 0. The Morgan fingerprint density at radius 3 is 2.85 bits per heavy atom. The van der Waals surface area contributed by atoms with Gasteiger partial charge in [0.05, 0.1) is 5.69 Å². The minimum absolute atomic E-state index is 0.0302. The minimum atomic E-state index is 0.0302. The number of nitrogens with one attached hydrogen (secondary N) is 1. The highest BCUT2D eigenvalue weighted by molar-refractivity contribution is 5.98. The number of benzene rings is 1. The second kappa shape index (κ2) is 9.09. The van der Waals surface area contributed by atoms with E-state index in [1.54, 1.807) is 4.90 Å². The van der Waals surface area contributed by atoms with Crippen LogP contribution in [0.5, 0.6) is 0 Å². The highest BCUT2D eigenvalue weighted by atomic mass is 16.2. The number of likely N-dealkylation sites (tertiary alicyclic amines) is 1. The molecule has 0 radical (unpaired) electrons. The van der Waals surface area contributed by atoms with Crippen LogP contribution in [0.2, 0.25) is 0 Å². The number of rotatable bonds is 5. The fourth-order valence-corrected chi connectivity index (χ4v) is 5.26. The Morgan fingerprint density at radius 2 is 2.03 bits per heavy atom. The van der Waals surface area contributed by atoms with Crippen LogP contribution in [0.1, 0.15) is 58.2 Å². The molecule has 8 heteroatoms. The normalized spacial score (nSPS) is 20.5. The Bertz CT molecular complexity index is 1050. The van der Waals surface area contributed by atoms with E-state index in [0.29, 0.717) is 26.1 Å². The van der Waals surface area contributed by atoms with Gasteiger partial charge in [-0.15, -0.1) is 0 Å². The van der Waals surface area contributed by atoms with Crippen LogP contribution in [0.3, 0.4) is 0 Å². The van der Waals surface area contributed by atoms with Gasteiger partial charge in [0.25, 0.3) is 5.91 Å². The molecule has 2 amide bonds. The zero-order chi connectivity index (χ0) is 22.9. The lowest BCUT2D eigenvalue weighted by Gasteiger charge is -2.33. The van der Waals surface area contributed by atoms with Crippen molar-refractivity contribution in [1.82, 2.24) is 24.7 Å². The Kier molecular flexibility index (Phi) is 6.01. The molecule has 5 rings (SSSR count). The first-order valence-electron chi connectivity index (χ1n) is 11.9. The Labute approximate surface area is 195 Å². The largest absolute Gasteiger partial charge is 0.373 e. The molecule has 1 atom stereocenters. The number of nitrogens with zero attached hydrogens (tertiary/aromatic N) is 5. The summed E-state index contributed by atoms with van der Waals surface area (Å²) in [7, 11) is 4.03. The zero-order valence-electron chi connectivity index (χ0n) is 19.5. The van der Waals surface area contributed by atoms with E-state index >= 15 is 0 Å². The third-order valence-corrected chi connectivity index (χ3v) is 7.14. The number of carbonyl (C=O) groups excluding carboxylic acids is 2. The molecule has 1 aromatic carbocycles. The molecule has 0 aliphatic carbocycles. The molecule has 2 aromatic rings. The van der Waals surface area contributed by atoms with Crippen LogP contribution in [0.4, 0.5) is 5.82 Å². The zero-order valence-corrected chi connectivity index (χ0v) is 19.5. The number of fused-ring (bicyclic) bond motifs is 2. The van der Waals surface area contributed by atoms with Crippen molar-refractivity contribution in [3.8, 4) is 0 Å². The number of anilines is 1. The van der Waals surface area contributed by atoms with E-state index in [1.165, 1.54) is 5.56 Å². The van der Waals surface area contributed by atoms with Crippen LogP contribution in [0.25, 0.3) is 0 Å². The van der Waals surface area contributed by atoms with Crippen molar-refractivity contribution in [2.24, 2.45) is 0 Å². The number of hydrogen-bond donors (Lipinski definition) is 1. The standard InChI is InChI=1S/C25H32N6O2/c1-26-24-20-16-29(2)12-9-21(20)27-23(28-24)18-7-5-11-30(15-18)22(32)10-13-31-14-17-6-3-4-8-19(17)25(31)33/h3-4,6,8,18H,5,7,9-16H2,1-2H3,(H,26,27,28)/t18-/m1/s1. The molecule has 0 spiro atoms. The topological polar surface area (TPSA) is 81.7 Å². The van der Waals surface area contributed by atoms with Gasteiger partial charge in [-0.3, -0.25) is 9.59 Å². The number of aromatic nitrogens is 2. The molecule has 0 unspecified atom stereocenters. The third kappa shape index (κ3) is 4.31. The van der Waals surface area contributed by atoms with Gasteiger partial charge in [-0.05, 0) is 31.5 Å². The molecule has 8 nitrogen and oxygen atoms in total. The van der Waals surface area contributed by atoms with Gasteiger partial charge >= 0.3 is 0 Å². The molecule has 3 aliphatic heterocycles. The fraction of sp³-hybridized carbons (Fsp3) is 0.520. The van der Waals surface area contributed by atoms with Gasteiger partial charge in [-0.25, -0.2) is 9.97 Å². The van der Waals surface area contributed by atoms with E-state index in [2.05, 4.69) is 17.3 Å². The SMILES string of the molecule is CNc1nc([C@@H]2CCCN(C(=O)CCN3Cc4ccccc4C3=O)C2)nc2c1CN(C)CC2. The Morgan fingerprint density at radius 1 is 1.18 bits per heavy atom. The predicted octanol–water partition coefficient (Wildman–Crippen LogP) is 2.26. The van der Waals surface area contributed by atoms with Gasteiger partial charge in [-0.2, -0.15) is 0 Å². The summed E-state index contributed by atoms with van der Waals surface area (Å²) in [6.07, 6.45) is 3.22. The van der Waals surface area contributed by atoms with E-state index in [4.69, 9.17) is 9.97 Å². The maximum atomic E-state index is 13.0. The first kappa shape index (κ1) is 21.8. The van der Waals surface area contributed by atoms with Gasteiger partial charge < -0.3 is 20.0 Å². The van der Waals surface area contributed by atoms with Crippen LogP contribution >= 0.6 is 0 Å². The molecule has 1 N–H and O–H groups in total. The van der Waals surface area contributed by atoms with Crippen LogP contribution in [-0.4, -0.2) is 76.8 Å². The molecule has 3 aliphatic rings. The Hall–Kier alpha value is -3.00. The maximum Gasteiger partial charge on any atom is 0.254 e. The fourth-order valence-electron chi connectivity index (χ4n) is 5.26. The molecule has 33 heavy (non-hydrogen) atoms. The maximum absolute atomic E-state index is 13.0. The van der Waals surface area contributed by atoms with Gasteiger partial charge in [0.2, 0.25) is 5.91 Å². The summed E-state index contributed by atoms with van der Waals surface area (Å²) in [6.45, 7) is 4.32. The predicted molar refractivity (Wildman–Crippen MR) is 126 cm³/mol. The van der Waals surface area contributed by atoms with Gasteiger partial charge in [-0.1, -0.05) is 18.2 Å². The summed E-state index contributed by atoms with van der Waals surface area (Å²) in [5.41, 5.74) is 4.14. The van der Waals surface area contributed by atoms with Crippen molar-refractivity contribution in [2.45, 2.75) is 44.7 Å². The third-order valence-electron chi connectivity index (χ3n) is 7.14. The average molecular weight is 449 g/mol. The second-order valence-electron chi connectivity index (χ2n) is 9.41. The lowest BCUT2D eigenvalue weighted by atomic mass is 9.96. The van der Waals surface area contributed by atoms with Crippen molar-refractivity contribution in [2.75, 3.05) is 45.6 Å². The number of carbonyl (C=O) groups is 2. The molecule has 174 valence electrons. The number of hydrogen-bond acceptors (Lipinski definition) is 6. The first-order valence-corrected chi connectivity index (χ1v) is 11.9. The summed E-state index contributed by atoms with van der Waals surface area (Å²) in [5, 5.41) is 3.26. The summed E-state index contributed by atoms with van der Waals surface area (Å²) in [5.74, 6) is 2.05. The summed E-state index contributed by atoms with van der Waals surface area (Å²) >= 11 is 0. The molecule has 1 aromatic heterocycles. The summed E-state index contributed by atoms with van der Waals surface area (Å²) in [4.78, 5) is 41.4. The van der Waals surface area contributed by atoms with Gasteiger partial charge in [0.1, 0.15) is 11.6 Å². The van der Waals surface area contributed by atoms with E-state index in [1.807, 2.05) is 36.2 Å². The highest BCUT2D eigenvalue weighted by Crippen LogP contribution is 2.30. The van der Waals surface area contributed by atoms with E-state index in [9.17, 15) is 9.59 Å². The first-order chi connectivity index (χ1) is 16.0. The van der Waals surface area contributed by atoms with Gasteiger partial charge in [0.15, 0.2) is 0 Å². The van der Waals surface area contributed by atoms with E-state index < -0.39 is 0 Å². The molecular weight excluding hydrogens is 416 g/mol. The number of amides is 2. The summed E-state index contributed by atoms with van der Waals surface area (Å²) in [6, 6.07) is 7.69. The van der Waals surface area contributed by atoms with Crippen LogP contribution in [0.15, 0.2) is 24.3 Å². The van der Waals surface area contributed by atoms with Crippen LogP contribution < -0.4 is 5.32 Å². The average Bonchev–Trinajstić information content (AvgIpc) is 3.17. The van der Waals surface area contributed by atoms with E-state index in [-0.39, 0.29) is 17.7 Å². The van der Waals surface area contributed by atoms with Crippen LogP contribution in [-0.2, 0) is 24.3 Å². The smallest absolute Gasteiger partial charge is 0.254 e. The lowest BCUT2D eigenvalue weighted by molar-refractivity contribution is -0.132. The van der Waals surface area contributed by atoms with E-state index in [0.717, 1.165) is 67.4 Å². The lowest BCUT2D eigenvalue weighted by Crippen LogP contribution is -2.41. The molecule has 4 heterocycles. The molecule has 0 bridgehead atoms. The van der Waals surface area contributed by atoms with Crippen molar-refractivity contribution in [1.29, 1.82) is 0 Å². The number of piperidine rings is 1. The van der Waals surface area contributed by atoms with Crippen molar-refractivity contribution in [3.63, 3.8) is 0 Å².